The largest absolute Gasteiger partial charge is 0.387 e. The quantitative estimate of drug-likeness (QED) is 0.751. The maximum atomic E-state index is 13.1. The normalized spacial score (nSPS) is 29.6. The molecule has 3 N–H and O–H groups in total. The van der Waals surface area contributed by atoms with Gasteiger partial charge in [-0.3, -0.25) is 4.79 Å². The molecule has 2 aromatic rings. The second kappa shape index (κ2) is 6.44. The first kappa shape index (κ1) is 18.9. The Kier molecular flexibility index (Phi) is 4.20. The van der Waals surface area contributed by atoms with E-state index < -0.39 is 5.60 Å². The van der Waals surface area contributed by atoms with Crippen LogP contribution >= 0.6 is 0 Å². The summed E-state index contributed by atoms with van der Waals surface area (Å²) in [7, 11) is 0. The number of carbonyl (C=O) groups excluding carboxylic acids is 1. The van der Waals surface area contributed by atoms with Gasteiger partial charge in [0.05, 0.1) is 5.60 Å². The Balaban J connectivity index is 1.65. The van der Waals surface area contributed by atoms with Gasteiger partial charge < -0.3 is 20.3 Å². The van der Waals surface area contributed by atoms with Gasteiger partial charge in [-0.2, -0.15) is 0 Å². The topological polar surface area (TPSA) is 68.4 Å². The molecule has 3 unspecified atom stereocenters. The lowest BCUT2D eigenvalue weighted by Gasteiger charge is -2.60. The third-order valence-electron chi connectivity index (χ3n) is 7.96. The summed E-state index contributed by atoms with van der Waals surface area (Å²) in [5, 5.41) is 15.8. The van der Waals surface area contributed by atoms with Crippen molar-refractivity contribution in [3.05, 3.63) is 57.9 Å². The lowest BCUT2D eigenvalue weighted by atomic mass is 9.50. The summed E-state index contributed by atoms with van der Waals surface area (Å²) in [6.07, 6.45) is 3.13. The summed E-state index contributed by atoms with van der Waals surface area (Å²) >= 11 is 0. The predicted molar refractivity (Wildman–Crippen MR) is 113 cm³/mol. The van der Waals surface area contributed by atoms with Crippen LogP contribution in [0.2, 0.25) is 0 Å². The Morgan fingerprint density at radius 3 is 2.76 bits per heavy atom. The molecule has 29 heavy (non-hydrogen) atoms. The van der Waals surface area contributed by atoms with Crippen molar-refractivity contribution in [1.82, 2.24) is 15.2 Å². The zero-order valence-electron chi connectivity index (χ0n) is 17.6. The van der Waals surface area contributed by atoms with Gasteiger partial charge in [0.2, 0.25) is 0 Å². The molecule has 5 nitrogen and oxygen atoms in total. The molecule has 3 atom stereocenters. The van der Waals surface area contributed by atoms with Crippen LogP contribution in [0.3, 0.4) is 0 Å². The van der Waals surface area contributed by atoms with Crippen LogP contribution in [0.5, 0.6) is 0 Å². The number of hydrogen-bond acceptors (Lipinski definition) is 3. The number of aliphatic hydroxyl groups is 1. The number of fused-ring (bicyclic) bond motifs is 2. The fraction of sp³-hybridized carbons (Fsp3) is 0.542. The molecule has 1 aliphatic heterocycles. The summed E-state index contributed by atoms with van der Waals surface area (Å²) < 4.78 is 0. The molecule has 1 aromatic carbocycles. The number of nitrogens with one attached hydrogen (secondary N) is 2. The minimum Gasteiger partial charge on any atom is -0.387 e. The number of aromatic nitrogens is 1. The lowest BCUT2D eigenvalue weighted by Crippen LogP contribution is -2.73. The van der Waals surface area contributed by atoms with E-state index in [-0.39, 0.29) is 17.4 Å². The Labute approximate surface area is 172 Å². The van der Waals surface area contributed by atoms with E-state index in [2.05, 4.69) is 34.6 Å². The van der Waals surface area contributed by atoms with Crippen molar-refractivity contribution >= 4 is 5.91 Å². The monoisotopic (exact) mass is 393 g/mol. The molecule has 0 spiro atoms. The van der Waals surface area contributed by atoms with Gasteiger partial charge in [0.15, 0.2) is 0 Å². The third kappa shape index (κ3) is 2.37. The molecule has 3 aliphatic rings. The van der Waals surface area contributed by atoms with Gasteiger partial charge in [-0.25, -0.2) is 0 Å². The van der Waals surface area contributed by atoms with Crippen LogP contribution in [0.15, 0.2) is 24.3 Å². The maximum Gasteiger partial charge on any atom is 0.270 e. The molecule has 2 heterocycles. The summed E-state index contributed by atoms with van der Waals surface area (Å²) in [4.78, 5) is 18.5. The Morgan fingerprint density at radius 1 is 1.24 bits per heavy atom. The highest BCUT2D eigenvalue weighted by atomic mass is 16.3. The molecule has 1 fully saturated rings. The number of hydrogen-bond donors (Lipinski definition) is 3. The van der Waals surface area contributed by atoms with E-state index in [4.69, 9.17) is 0 Å². The average Bonchev–Trinajstić information content (AvgIpc) is 3.02. The van der Waals surface area contributed by atoms with Crippen molar-refractivity contribution in [3.8, 4) is 0 Å². The number of benzene rings is 1. The van der Waals surface area contributed by atoms with Crippen LogP contribution in [-0.4, -0.2) is 52.2 Å². The van der Waals surface area contributed by atoms with Crippen LogP contribution in [0.1, 0.15) is 58.7 Å². The molecule has 1 saturated heterocycles. The first-order valence-corrected chi connectivity index (χ1v) is 11.0. The summed E-state index contributed by atoms with van der Waals surface area (Å²) in [5.74, 6) is 0.0656. The molecule has 154 valence electrons. The number of amides is 1. The van der Waals surface area contributed by atoms with Crippen molar-refractivity contribution in [2.24, 2.45) is 0 Å². The lowest BCUT2D eigenvalue weighted by molar-refractivity contribution is -0.106. The van der Waals surface area contributed by atoms with E-state index in [1.807, 2.05) is 25.7 Å². The third-order valence-corrected chi connectivity index (χ3v) is 7.96. The van der Waals surface area contributed by atoms with Crippen LogP contribution in [0.25, 0.3) is 0 Å². The van der Waals surface area contributed by atoms with Crippen LogP contribution in [0, 0.1) is 6.92 Å². The average molecular weight is 394 g/mol. The number of nitrogens with zero attached hydrogens (tertiary/aromatic N) is 1. The molecular weight excluding hydrogens is 362 g/mol. The van der Waals surface area contributed by atoms with E-state index in [0.717, 1.165) is 42.6 Å². The van der Waals surface area contributed by atoms with Crippen LogP contribution in [-0.2, 0) is 24.7 Å². The van der Waals surface area contributed by atoms with E-state index in [9.17, 15) is 9.90 Å². The van der Waals surface area contributed by atoms with Crippen molar-refractivity contribution in [2.75, 3.05) is 19.6 Å². The van der Waals surface area contributed by atoms with Gasteiger partial charge in [0.25, 0.3) is 5.91 Å². The molecule has 0 saturated carbocycles. The predicted octanol–water partition coefficient (Wildman–Crippen LogP) is 2.49. The van der Waals surface area contributed by atoms with Crippen LogP contribution in [0.4, 0.5) is 0 Å². The molecule has 5 rings (SSSR count). The highest BCUT2D eigenvalue weighted by Gasteiger charge is 2.62. The molecule has 5 heteroatoms. The van der Waals surface area contributed by atoms with Gasteiger partial charge in [-0.15, -0.1) is 0 Å². The van der Waals surface area contributed by atoms with Gasteiger partial charge in [0.1, 0.15) is 5.69 Å². The zero-order valence-corrected chi connectivity index (χ0v) is 17.6. The van der Waals surface area contributed by atoms with Gasteiger partial charge in [-0.1, -0.05) is 24.3 Å². The first-order valence-electron chi connectivity index (χ1n) is 11.0. The zero-order chi connectivity index (χ0) is 20.4. The molecule has 1 amide bonds. The maximum absolute atomic E-state index is 13.1. The standard InChI is InChI=1S/C24H31N3O2/c1-4-27(5-2)22(28)21-15(3)17-13-24(29)20-12-16-8-6-7-9-18(16)23(24,10-11-25-20)14-19(17)26-21/h6-9,20,25-26,29H,4-5,10-14H2,1-3H3. The van der Waals surface area contributed by atoms with Crippen molar-refractivity contribution < 1.29 is 9.90 Å². The number of carbonyl (C=O) groups is 1. The summed E-state index contributed by atoms with van der Waals surface area (Å²) in [6, 6.07) is 8.67. The summed E-state index contributed by atoms with van der Waals surface area (Å²) in [6.45, 7) is 8.38. The van der Waals surface area contributed by atoms with Gasteiger partial charge in [-0.05, 0) is 62.4 Å². The highest BCUT2D eigenvalue weighted by molar-refractivity contribution is 5.94. The second-order valence-corrected chi connectivity index (χ2v) is 9.04. The highest BCUT2D eigenvalue weighted by Crippen LogP contribution is 2.55. The smallest absolute Gasteiger partial charge is 0.270 e. The molecule has 2 aliphatic carbocycles. The van der Waals surface area contributed by atoms with Crippen LogP contribution < -0.4 is 5.32 Å². The molecular formula is C24H31N3O2. The van der Waals surface area contributed by atoms with Crippen molar-refractivity contribution in [3.63, 3.8) is 0 Å². The minimum atomic E-state index is -0.824. The second-order valence-electron chi connectivity index (χ2n) is 9.04. The van der Waals surface area contributed by atoms with E-state index in [0.29, 0.717) is 25.2 Å². The first-order chi connectivity index (χ1) is 13.9. The van der Waals surface area contributed by atoms with E-state index in [1.54, 1.807) is 0 Å². The molecule has 0 radical (unpaired) electrons. The van der Waals surface area contributed by atoms with Crippen molar-refractivity contribution in [1.29, 1.82) is 0 Å². The molecule has 1 aromatic heterocycles. The van der Waals surface area contributed by atoms with Crippen molar-refractivity contribution in [2.45, 2.75) is 63.5 Å². The number of H-pyrrole nitrogens is 1. The Hall–Kier alpha value is -2.11. The fourth-order valence-electron chi connectivity index (χ4n) is 6.34. The van der Waals surface area contributed by atoms with Gasteiger partial charge in [0, 0.05) is 43.1 Å². The molecule has 2 bridgehead atoms. The van der Waals surface area contributed by atoms with Gasteiger partial charge >= 0.3 is 0 Å². The number of aromatic amines is 1. The Morgan fingerprint density at radius 2 is 2.00 bits per heavy atom. The summed E-state index contributed by atoms with van der Waals surface area (Å²) in [5.41, 5.74) is 5.53. The Bertz CT molecular complexity index is 977. The van der Waals surface area contributed by atoms with E-state index >= 15 is 0 Å². The number of rotatable bonds is 3. The fourth-order valence-corrected chi connectivity index (χ4v) is 6.34. The SMILES string of the molecule is CCN(CC)C(=O)c1[nH]c2c(c1C)CC1(O)C3Cc4ccccc4C1(CCN3)C2. The van der Waals surface area contributed by atoms with E-state index in [1.165, 1.54) is 11.1 Å². The number of piperidine rings is 1. The minimum absolute atomic E-state index is 0.0514.